The van der Waals surface area contributed by atoms with Crippen LogP contribution in [0.1, 0.15) is 21.5 Å². The lowest BCUT2D eigenvalue weighted by atomic mass is 10.1. The van der Waals surface area contributed by atoms with Crippen LogP contribution in [0, 0.1) is 0 Å². The Kier molecular flexibility index (Phi) is 5.79. The van der Waals surface area contributed by atoms with Crippen molar-refractivity contribution in [3.63, 3.8) is 0 Å². The number of carboxylic acid groups (broad SMARTS) is 1. The highest BCUT2D eigenvalue weighted by atomic mass is 16.4. The second kappa shape index (κ2) is 8.62. The number of nitrogens with one attached hydrogen (secondary N) is 1. The van der Waals surface area contributed by atoms with Crippen molar-refractivity contribution in [3.8, 4) is 0 Å². The molecule has 1 heterocycles. The smallest absolute Gasteiger partial charge is 0.335 e. The highest BCUT2D eigenvalue weighted by molar-refractivity contribution is 5.89. The van der Waals surface area contributed by atoms with Crippen LogP contribution in [0.25, 0.3) is 0 Å². The molecule has 0 aliphatic carbocycles. The topological polar surface area (TPSA) is 82.5 Å². The molecule has 0 saturated carbocycles. The van der Waals surface area contributed by atoms with Crippen LogP contribution in [0.5, 0.6) is 0 Å². The number of hydrogen-bond donors (Lipinski definition) is 2. The highest BCUT2D eigenvalue weighted by Gasteiger charge is 2.15. The summed E-state index contributed by atoms with van der Waals surface area (Å²) in [4.78, 5) is 29.5. The number of hydrogen-bond acceptors (Lipinski definition) is 3. The van der Waals surface area contributed by atoms with Gasteiger partial charge >= 0.3 is 12.0 Å². The predicted octanol–water partition coefficient (Wildman–Crippen LogP) is 4.01. The molecule has 0 radical (unpaired) electrons. The first-order chi connectivity index (χ1) is 13.1. The first kappa shape index (κ1) is 18.1. The molecule has 3 aromatic rings. The Morgan fingerprint density at radius 3 is 2.04 bits per heavy atom. The van der Waals surface area contributed by atoms with Gasteiger partial charge in [0.05, 0.1) is 5.56 Å². The van der Waals surface area contributed by atoms with Crippen LogP contribution in [0.2, 0.25) is 0 Å². The van der Waals surface area contributed by atoms with Gasteiger partial charge in [0.15, 0.2) is 0 Å². The number of para-hydroxylation sites is 1. The summed E-state index contributed by atoms with van der Waals surface area (Å²) in [7, 11) is 0. The summed E-state index contributed by atoms with van der Waals surface area (Å²) < 4.78 is 0. The number of carbonyl (C=O) groups is 2. The van der Waals surface area contributed by atoms with E-state index in [2.05, 4.69) is 10.3 Å². The molecule has 2 amide bonds. The van der Waals surface area contributed by atoms with Crippen molar-refractivity contribution < 1.29 is 14.7 Å². The van der Waals surface area contributed by atoms with Crippen molar-refractivity contribution in [2.24, 2.45) is 0 Å². The van der Waals surface area contributed by atoms with Crippen molar-refractivity contribution in [3.05, 3.63) is 95.8 Å². The van der Waals surface area contributed by atoms with E-state index in [4.69, 9.17) is 5.11 Å². The number of anilines is 1. The van der Waals surface area contributed by atoms with Gasteiger partial charge in [0.25, 0.3) is 0 Å². The SMILES string of the molecule is O=C(O)c1ccc(CN(Cc2ccncc2)C(=O)Nc2ccccc2)cc1. The summed E-state index contributed by atoms with van der Waals surface area (Å²) in [6.07, 6.45) is 3.37. The predicted molar refractivity (Wildman–Crippen MR) is 102 cm³/mol. The minimum Gasteiger partial charge on any atom is -0.478 e. The van der Waals surface area contributed by atoms with Crippen LogP contribution in [-0.2, 0) is 13.1 Å². The van der Waals surface area contributed by atoms with E-state index in [9.17, 15) is 9.59 Å². The third kappa shape index (κ3) is 5.15. The summed E-state index contributed by atoms with van der Waals surface area (Å²) in [5.74, 6) is -0.975. The second-order valence-electron chi connectivity index (χ2n) is 6.01. The minimum atomic E-state index is -0.975. The van der Waals surface area contributed by atoms with E-state index in [1.165, 1.54) is 12.1 Å². The normalized spacial score (nSPS) is 10.2. The quantitative estimate of drug-likeness (QED) is 0.695. The average molecular weight is 361 g/mol. The Balaban J connectivity index is 1.78. The molecule has 0 aliphatic rings. The summed E-state index contributed by atoms with van der Waals surface area (Å²) in [5.41, 5.74) is 2.73. The van der Waals surface area contributed by atoms with Crippen LogP contribution in [-0.4, -0.2) is 27.0 Å². The molecule has 3 rings (SSSR count). The number of benzene rings is 2. The number of aromatic nitrogens is 1. The summed E-state index contributed by atoms with van der Waals surface area (Å²) >= 11 is 0. The first-order valence-electron chi connectivity index (χ1n) is 8.44. The molecule has 0 spiro atoms. The molecule has 0 atom stereocenters. The molecule has 0 unspecified atom stereocenters. The van der Waals surface area contributed by atoms with Crippen molar-refractivity contribution in [1.82, 2.24) is 9.88 Å². The lowest BCUT2D eigenvalue weighted by Crippen LogP contribution is -2.34. The molecule has 0 saturated heterocycles. The van der Waals surface area contributed by atoms with E-state index in [-0.39, 0.29) is 11.6 Å². The summed E-state index contributed by atoms with van der Waals surface area (Å²) in [6, 6.07) is 19.2. The van der Waals surface area contributed by atoms with Crippen LogP contribution < -0.4 is 5.32 Å². The molecule has 6 nitrogen and oxygen atoms in total. The van der Waals surface area contributed by atoms with E-state index in [1.807, 2.05) is 42.5 Å². The number of rotatable bonds is 6. The Morgan fingerprint density at radius 2 is 1.44 bits per heavy atom. The number of carboxylic acids is 1. The zero-order valence-electron chi connectivity index (χ0n) is 14.6. The van der Waals surface area contributed by atoms with Crippen molar-refractivity contribution in [2.75, 3.05) is 5.32 Å². The van der Waals surface area contributed by atoms with Gasteiger partial charge in [0, 0.05) is 31.2 Å². The number of urea groups is 1. The van der Waals surface area contributed by atoms with Gasteiger partial charge in [-0.15, -0.1) is 0 Å². The molecule has 0 aliphatic heterocycles. The zero-order valence-corrected chi connectivity index (χ0v) is 14.6. The van der Waals surface area contributed by atoms with Crippen molar-refractivity contribution in [2.45, 2.75) is 13.1 Å². The maximum Gasteiger partial charge on any atom is 0.335 e. The van der Waals surface area contributed by atoms with E-state index >= 15 is 0 Å². The number of carbonyl (C=O) groups excluding carboxylic acids is 1. The number of aromatic carboxylic acids is 1. The van der Waals surface area contributed by atoms with Crippen molar-refractivity contribution >= 4 is 17.7 Å². The van der Waals surface area contributed by atoms with E-state index in [1.54, 1.807) is 29.4 Å². The van der Waals surface area contributed by atoms with Gasteiger partial charge in [-0.2, -0.15) is 0 Å². The third-order valence-electron chi connectivity index (χ3n) is 4.01. The lowest BCUT2D eigenvalue weighted by Gasteiger charge is -2.23. The zero-order chi connectivity index (χ0) is 19.1. The second-order valence-corrected chi connectivity index (χ2v) is 6.01. The Labute approximate surface area is 157 Å². The molecule has 27 heavy (non-hydrogen) atoms. The van der Waals surface area contributed by atoms with E-state index in [0.29, 0.717) is 18.8 Å². The molecule has 0 bridgehead atoms. The summed E-state index contributed by atoms with van der Waals surface area (Å²) in [6.45, 7) is 0.753. The van der Waals surface area contributed by atoms with Gasteiger partial charge in [-0.25, -0.2) is 9.59 Å². The molecule has 136 valence electrons. The van der Waals surface area contributed by atoms with E-state index in [0.717, 1.165) is 11.1 Å². The van der Waals surface area contributed by atoms with Gasteiger partial charge < -0.3 is 15.3 Å². The Morgan fingerprint density at radius 1 is 0.852 bits per heavy atom. The molecular weight excluding hydrogens is 342 g/mol. The van der Waals surface area contributed by atoms with Gasteiger partial charge in [0.1, 0.15) is 0 Å². The molecule has 2 N–H and O–H groups in total. The lowest BCUT2D eigenvalue weighted by molar-refractivity contribution is 0.0697. The van der Waals surface area contributed by atoms with Crippen LogP contribution in [0.4, 0.5) is 10.5 Å². The monoisotopic (exact) mass is 361 g/mol. The number of amides is 2. The van der Waals surface area contributed by atoms with Crippen molar-refractivity contribution in [1.29, 1.82) is 0 Å². The number of nitrogens with zero attached hydrogens (tertiary/aromatic N) is 2. The standard InChI is InChI=1S/C21H19N3O3/c25-20(26)18-8-6-16(7-9-18)14-24(15-17-10-12-22-13-11-17)21(27)23-19-4-2-1-3-5-19/h1-13H,14-15H2,(H,23,27)(H,25,26). The average Bonchev–Trinajstić information content (AvgIpc) is 2.69. The minimum absolute atomic E-state index is 0.216. The molecule has 2 aromatic carbocycles. The van der Waals surface area contributed by atoms with Crippen LogP contribution >= 0.6 is 0 Å². The maximum absolute atomic E-state index is 12.8. The van der Waals surface area contributed by atoms with Gasteiger partial charge in [0.2, 0.25) is 0 Å². The fraction of sp³-hybridized carbons (Fsp3) is 0.0952. The largest absolute Gasteiger partial charge is 0.478 e. The van der Waals surface area contributed by atoms with Crippen LogP contribution in [0.3, 0.4) is 0 Å². The Bertz CT molecular complexity index is 897. The molecule has 1 aromatic heterocycles. The van der Waals surface area contributed by atoms with Gasteiger partial charge in [-0.05, 0) is 47.5 Å². The molecule has 0 fully saturated rings. The number of pyridine rings is 1. The molecule has 6 heteroatoms. The van der Waals surface area contributed by atoms with Gasteiger partial charge in [-0.1, -0.05) is 30.3 Å². The maximum atomic E-state index is 12.8. The Hall–Kier alpha value is -3.67. The van der Waals surface area contributed by atoms with Gasteiger partial charge in [-0.3, -0.25) is 4.98 Å². The summed E-state index contributed by atoms with van der Waals surface area (Å²) in [5, 5.41) is 11.9. The van der Waals surface area contributed by atoms with Crippen LogP contribution in [0.15, 0.2) is 79.1 Å². The van der Waals surface area contributed by atoms with E-state index < -0.39 is 5.97 Å². The highest BCUT2D eigenvalue weighted by Crippen LogP contribution is 2.14. The first-order valence-corrected chi connectivity index (χ1v) is 8.44. The third-order valence-corrected chi connectivity index (χ3v) is 4.01. The molecular formula is C21H19N3O3. The fourth-order valence-corrected chi connectivity index (χ4v) is 2.61. The fourth-order valence-electron chi connectivity index (χ4n) is 2.61.